The lowest BCUT2D eigenvalue weighted by Gasteiger charge is -2.07. The van der Waals surface area contributed by atoms with Crippen molar-refractivity contribution in [2.24, 2.45) is 5.10 Å². The molecule has 0 heterocycles. The number of benzene rings is 2. The summed E-state index contributed by atoms with van der Waals surface area (Å²) in [5, 5.41) is 6.91. The Hall–Kier alpha value is -2.53. The van der Waals surface area contributed by atoms with Gasteiger partial charge in [-0.2, -0.15) is 5.10 Å². The van der Waals surface area contributed by atoms with Crippen LogP contribution in [0.4, 0.5) is 0 Å². The summed E-state index contributed by atoms with van der Waals surface area (Å²) in [6, 6.07) is 9.70. The largest absolute Gasteiger partial charge is 0.480 e. The van der Waals surface area contributed by atoms with E-state index >= 15 is 0 Å². The number of halogens is 3. The zero-order valence-corrected chi connectivity index (χ0v) is 17.4. The SMILES string of the molecule is C#CCOc1ccc(Br)cc1/C=N\NC(=O)CNC(=O)c1ccc(Cl)c(Cl)c1. The number of terminal acetylenes is 1. The third-order valence-electron chi connectivity index (χ3n) is 3.27. The third kappa shape index (κ3) is 6.57. The van der Waals surface area contributed by atoms with Crippen molar-refractivity contribution in [3.63, 3.8) is 0 Å². The highest BCUT2D eigenvalue weighted by molar-refractivity contribution is 9.10. The Morgan fingerprint density at radius 1 is 1.21 bits per heavy atom. The van der Waals surface area contributed by atoms with E-state index in [1.807, 2.05) is 0 Å². The number of rotatable bonds is 7. The van der Waals surface area contributed by atoms with Crippen LogP contribution in [0.25, 0.3) is 0 Å². The predicted molar refractivity (Wildman–Crippen MR) is 113 cm³/mol. The maximum Gasteiger partial charge on any atom is 0.259 e. The first-order valence-corrected chi connectivity index (χ1v) is 9.36. The summed E-state index contributed by atoms with van der Waals surface area (Å²) >= 11 is 15.0. The van der Waals surface area contributed by atoms with E-state index in [0.29, 0.717) is 16.3 Å². The van der Waals surface area contributed by atoms with Crippen molar-refractivity contribution in [1.29, 1.82) is 0 Å². The minimum Gasteiger partial charge on any atom is -0.480 e. The number of hydrogen-bond acceptors (Lipinski definition) is 4. The van der Waals surface area contributed by atoms with Crippen LogP contribution in [0.5, 0.6) is 5.75 Å². The molecular weight excluding hydrogens is 469 g/mol. The zero-order valence-electron chi connectivity index (χ0n) is 14.3. The molecule has 2 amide bonds. The molecule has 0 atom stereocenters. The topological polar surface area (TPSA) is 79.8 Å². The molecule has 2 aromatic rings. The molecule has 0 bridgehead atoms. The van der Waals surface area contributed by atoms with Gasteiger partial charge in [-0.1, -0.05) is 45.1 Å². The molecule has 0 saturated carbocycles. The van der Waals surface area contributed by atoms with E-state index in [0.717, 1.165) is 4.47 Å². The van der Waals surface area contributed by atoms with Crippen LogP contribution in [0.3, 0.4) is 0 Å². The van der Waals surface area contributed by atoms with Gasteiger partial charge in [0.2, 0.25) is 0 Å². The molecule has 0 aliphatic rings. The minimum absolute atomic E-state index is 0.107. The molecule has 2 rings (SSSR count). The smallest absolute Gasteiger partial charge is 0.259 e. The molecular formula is C19H14BrCl2N3O3. The second-order valence-electron chi connectivity index (χ2n) is 5.28. The average molecular weight is 483 g/mol. The van der Waals surface area contributed by atoms with E-state index in [-0.39, 0.29) is 23.7 Å². The normalized spacial score (nSPS) is 10.4. The van der Waals surface area contributed by atoms with E-state index < -0.39 is 11.8 Å². The van der Waals surface area contributed by atoms with E-state index in [1.165, 1.54) is 24.4 Å². The Bertz CT molecular complexity index is 958. The van der Waals surface area contributed by atoms with Crippen LogP contribution >= 0.6 is 39.1 Å². The first-order chi connectivity index (χ1) is 13.4. The molecule has 28 heavy (non-hydrogen) atoms. The van der Waals surface area contributed by atoms with E-state index in [1.54, 1.807) is 18.2 Å². The summed E-state index contributed by atoms with van der Waals surface area (Å²) in [6.07, 6.45) is 6.60. The number of nitrogens with one attached hydrogen (secondary N) is 2. The molecule has 0 fully saturated rings. The Balaban J connectivity index is 1.90. The standard InChI is InChI=1S/C19H14BrCl2N3O3/c1-2-7-28-17-6-4-14(20)8-13(17)10-24-25-18(26)11-23-19(27)12-3-5-15(21)16(22)9-12/h1,3-6,8-10H,7,11H2,(H,23,27)(H,25,26)/b24-10-. The lowest BCUT2D eigenvalue weighted by Crippen LogP contribution is -2.34. The molecule has 6 nitrogen and oxygen atoms in total. The molecule has 0 radical (unpaired) electrons. The van der Waals surface area contributed by atoms with Crippen LogP contribution in [-0.2, 0) is 4.79 Å². The van der Waals surface area contributed by atoms with Crippen LogP contribution in [0.15, 0.2) is 46.0 Å². The van der Waals surface area contributed by atoms with Crippen molar-refractivity contribution in [2.45, 2.75) is 0 Å². The van der Waals surface area contributed by atoms with Crippen LogP contribution in [0, 0.1) is 12.3 Å². The first-order valence-electron chi connectivity index (χ1n) is 7.81. The van der Waals surface area contributed by atoms with Gasteiger partial charge in [0.15, 0.2) is 0 Å². The molecule has 9 heteroatoms. The Morgan fingerprint density at radius 2 is 2.00 bits per heavy atom. The molecule has 2 N–H and O–H groups in total. The maximum absolute atomic E-state index is 12.0. The van der Waals surface area contributed by atoms with Gasteiger partial charge < -0.3 is 10.1 Å². The van der Waals surface area contributed by atoms with Gasteiger partial charge in [0, 0.05) is 15.6 Å². The monoisotopic (exact) mass is 481 g/mol. The molecule has 0 saturated heterocycles. The zero-order chi connectivity index (χ0) is 20.5. The molecule has 0 aliphatic heterocycles. The van der Waals surface area contributed by atoms with Crippen LogP contribution in [-0.4, -0.2) is 31.2 Å². The summed E-state index contributed by atoms with van der Waals surface area (Å²) < 4.78 is 6.21. The fourth-order valence-corrected chi connectivity index (χ4v) is 2.66. The summed E-state index contributed by atoms with van der Waals surface area (Å²) in [7, 11) is 0. The Labute approximate surface area is 180 Å². The highest BCUT2D eigenvalue weighted by Crippen LogP contribution is 2.23. The van der Waals surface area contributed by atoms with E-state index in [4.69, 9.17) is 34.4 Å². The maximum atomic E-state index is 12.0. The number of ether oxygens (including phenoxy) is 1. The van der Waals surface area contributed by atoms with Gasteiger partial charge in [0.05, 0.1) is 22.8 Å². The van der Waals surface area contributed by atoms with Crippen LogP contribution in [0.1, 0.15) is 15.9 Å². The Kier molecular flexibility index (Phi) is 8.33. The highest BCUT2D eigenvalue weighted by atomic mass is 79.9. The number of nitrogens with zero attached hydrogens (tertiary/aromatic N) is 1. The van der Waals surface area contributed by atoms with Crippen LogP contribution in [0.2, 0.25) is 10.0 Å². The minimum atomic E-state index is -0.509. The molecule has 0 spiro atoms. The summed E-state index contributed by atoms with van der Waals surface area (Å²) in [4.78, 5) is 23.9. The van der Waals surface area contributed by atoms with Gasteiger partial charge in [-0.3, -0.25) is 9.59 Å². The number of amides is 2. The molecule has 2 aromatic carbocycles. The van der Waals surface area contributed by atoms with E-state index in [9.17, 15) is 9.59 Å². The second kappa shape index (κ2) is 10.7. The average Bonchev–Trinajstić information content (AvgIpc) is 2.67. The first kappa shape index (κ1) is 21.8. The number of carbonyl (C=O) groups excluding carboxylic acids is 2. The third-order valence-corrected chi connectivity index (χ3v) is 4.50. The van der Waals surface area contributed by atoms with Gasteiger partial charge in [0.1, 0.15) is 12.4 Å². The number of carbonyl (C=O) groups is 2. The summed E-state index contributed by atoms with van der Waals surface area (Å²) in [6.45, 7) is -0.162. The van der Waals surface area contributed by atoms with Crippen LogP contribution < -0.4 is 15.5 Å². The quantitative estimate of drug-likeness (QED) is 0.359. The van der Waals surface area contributed by atoms with Crippen molar-refractivity contribution >= 4 is 57.2 Å². The van der Waals surface area contributed by atoms with Crippen molar-refractivity contribution in [3.8, 4) is 18.1 Å². The molecule has 0 unspecified atom stereocenters. The number of hydrogen-bond donors (Lipinski definition) is 2. The summed E-state index contributed by atoms with van der Waals surface area (Å²) in [5.74, 6) is 1.92. The predicted octanol–water partition coefficient (Wildman–Crippen LogP) is 3.65. The van der Waals surface area contributed by atoms with E-state index in [2.05, 4.69) is 37.7 Å². The van der Waals surface area contributed by atoms with Crippen molar-refractivity contribution in [1.82, 2.24) is 10.7 Å². The van der Waals surface area contributed by atoms with Gasteiger partial charge in [-0.15, -0.1) is 6.42 Å². The van der Waals surface area contributed by atoms with Gasteiger partial charge in [-0.05, 0) is 36.4 Å². The fourth-order valence-electron chi connectivity index (χ4n) is 1.98. The summed E-state index contributed by atoms with van der Waals surface area (Å²) in [5.41, 5.74) is 3.22. The second-order valence-corrected chi connectivity index (χ2v) is 7.01. The molecule has 0 aliphatic carbocycles. The van der Waals surface area contributed by atoms with Gasteiger partial charge in [0.25, 0.3) is 11.8 Å². The van der Waals surface area contributed by atoms with Crippen molar-refractivity contribution in [3.05, 3.63) is 62.0 Å². The van der Waals surface area contributed by atoms with Gasteiger partial charge in [-0.25, -0.2) is 5.43 Å². The lowest BCUT2D eigenvalue weighted by molar-refractivity contribution is -0.120. The highest BCUT2D eigenvalue weighted by Gasteiger charge is 2.09. The molecule has 144 valence electrons. The lowest BCUT2D eigenvalue weighted by atomic mass is 10.2. The van der Waals surface area contributed by atoms with Crippen molar-refractivity contribution in [2.75, 3.05) is 13.2 Å². The number of hydrazone groups is 1. The van der Waals surface area contributed by atoms with Gasteiger partial charge >= 0.3 is 0 Å². The fraction of sp³-hybridized carbons (Fsp3) is 0.105. The molecule has 0 aromatic heterocycles. The Morgan fingerprint density at radius 3 is 2.71 bits per heavy atom. The van der Waals surface area contributed by atoms with Crippen molar-refractivity contribution < 1.29 is 14.3 Å².